The number of hydrogen-bond donors (Lipinski definition) is 1. The number of hydrogen-bond acceptors (Lipinski definition) is 6. The Kier molecular flexibility index (Phi) is 5.80. The van der Waals surface area contributed by atoms with Crippen LogP contribution in [0, 0.1) is 10.5 Å². The average Bonchev–Trinajstić information content (AvgIpc) is 2.85. The van der Waals surface area contributed by atoms with Crippen molar-refractivity contribution in [3.05, 3.63) is 32.3 Å². The Labute approximate surface area is 141 Å². The molecule has 5 nitrogen and oxygen atoms in total. The topological polar surface area (TPSA) is 55.7 Å². The molecule has 1 heterocycles. The second-order valence-corrected chi connectivity index (χ2v) is 6.15. The summed E-state index contributed by atoms with van der Waals surface area (Å²) in [7, 11) is 1.64. The first kappa shape index (κ1) is 16.0. The molecule has 21 heavy (non-hydrogen) atoms. The van der Waals surface area contributed by atoms with Crippen molar-refractivity contribution in [2.45, 2.75) is 13.8 Å². The number of aromatic nitrogens is 1. The number of methoxy groups -OCH3 is 1. The highest BCUT2D eigenvalue weighted by molar-refractivity contribution is 14.1. The summed E-state index contributed by atoms with van der Waals surface area (Å²) in [6.07, 6.45) is 1.74. The third-order valence-corrected chi connectivity index (χ3v) is 4.19. The summed E-state index contributed by atoms with van der Waals surface area (Å²) in [6.45, 7) is 4.48. The number of benzene rings is 1. The van der Waals surface area contributed by atoms with Crippen LogP contribution in [0.5, 0.6) is 11.5 Å². The zero-order valence-electron chi connectivity index (χ0n) is 12.0. The van der Waals surface area contributed by atoms with Gasteiger partial charge in [-0.15, -0.1) is 11.3 Å². The monoisotopic (exact) mass is 417 g/mol. The molecule has 2 rings (SSSR count). The lowest BCUT2D eigenvalue weighted by molar-refractivity contribution is 0.309. The average molecular weight is 417 g/mol. The molecule has 0 spiro atoms. The number of anilines is 1. The van der Waals surface area contributed by atoms with Crippen LogP contribution < -0.4 is 14.9 Å². The molecule has 0 aliphatic carbocycles. The Morgan fingerprint density at radius 1 is 1.48 bits per heavy atom. The van der Waals surface area contributed by atoms with Gasteiger partial charge in [0.05, 0.1) is 29.2 Å². The second-order valence-electron chi connectivity index (χ2n) is 4.13. The van der Waals surface area contributed by atoms with Crippen molar-refractivity contribution in [3.8, 4) is 11.5 Å². The summed E-state index contributed by atoms with van der Waals surface area (Å²) in [5.74, 6) is 1.47. The first-order chi connectivity index (χ1) is 10.1. The highest BCUT2D eigenvalue weighted by Crippen LogP contribution is 2.33. The highest BCUT2D eigenvalue weighted by atomic mass is 127. The quantitative estimate of drug-likeness (QED) is 0.440. The van der Waals surface area contributed by atoms with E-state index in [0.717, 1.165) is 31.5 Å². The van der Waals surface area contributed by atoms with E-state index in [1.165, 1.54) is 11.3 Å². The van der Waals surface area contributed by atoms with E-state index in [1.807, 2.05) is 31.4 Å². The van der Waals surface area contributed by atoms with Gasteiger partial charge in [-0.2, -0.15) is 5.10 Å². The van der Waals surface area contributed by atoms with Gasteiger partial charge in [0.2, 0.25) is 5.13 Å². The second kappa shape index (κ2) is 7.60. The van der Waals surface area contributed by atoms with Crippen LogP contribution in [0.3, 0.4) is 0 Å². The highest BCUT2D eigenvalue weighted by Gasteiger charge is 2.10. The molecule has 0 radical (unpaired) electrons. The molecule has 2 aromatic rings. The molecular weight excluding hydrogens is 401 g/mol. The lowest BCUT2D eigenvalue weighted by Gasteiger charge is -2.11. The summed E-state index contributed by atoms with van der Waals surface area (Å²) in [6, 6.07) is 3.89. The Hall–Kier alpha value is -1.35. The minimum Gasteiger partial charge on any atom is -0.492 e. The maximum absolute atomic E-state index is 5.60. The van der Waals surface area contributed by atoms with Crippen molar-refractivity contribution in [3.63, 3.8) is 0 Å². The van der Waals surface area contributed by atoms with Crippen LogP contribution in [-0.4, -0.2) is 24.9 Å². The Bertz CT molecular complexity index is 643. The normalized spacial score (nSPS) is 10.9. The number of rotatable bonds is 6. The van der Waals surface area contributed by atoms with Crippen molar-refractivity contribution in [1.82, 2.24) is 4.98 Å². The number of nitrogens with zero attached hydrogens (tertiary/aromatic N) is 2. The molecule has 0 fully saturated rings. The Morgan fingerprint density at radius 2 is 2.29 bits per heavy atom. The Morgan fingerprint density at radius 3 is 2.90 bits per heavy atom. The molecule has 0 unspecified atom stereocenters. The van der Waals surface area contributed by atoms with E-state index in [2.05, 4.69) is 38.1 Å². The number of nitrogens with one attached hydrogen (secondary N) is 1. The van der Waals surface area contributed by atoms with E-state index in [9.17, 15) is 0 Å². The summed E-state index contributed by atoms with van der Waals surface area (Å²) in [5, 5.41) is 6.94. The number of aryl methyl sites for hydroxylation is 1. The van der Waals surface area contributed by atoms with Gasteiger partial charge in [0.25, 0.3) is 0 Å². The van der Waals surface area contributed by atoms with Gasteiger partial charge in [-0.25, -0.2) is 4.98 Å². The molecule has 0 aliphatic heterocycles. The van der Waals surface area contributed by atoms with Gasteiger partial charge in [-0.05, 0) is 54.1 Å². The molecule has 0 saturated carbocycles. The largest absolute Gasteiger partial charge is 0.492 e. The van der Waals surface area contributed by atoms with Crippen molar-refractivity contribution >= 4 is 45.3 Å². The molecule has 0 atom stereocenters. The van der Waals surface area contributed by atoms with Crippen LogP contribution in [0.2, 0.25) is 0 Å². The molecule has 0 aliphatic rings. The molecule has 1 aromatic carbocycles. The molecular formula is C14H16IN3O2S. The summed E-state index contributed by atoms with van der Waals surface area (Å²) in [4.78, 5) is 4.28. The number of ether oxygens (including phenoxy) is 2. The first-order valence-corrected chi connectivity index (χ1v) is 8.31. The van der Waals surface area contributed by atoms with Crippen LogP contribution in [-0.2, 0) is 0 Å². The van der Waals surface area contributed by atoms with Crippen molar-refractivity contribution in [2.24, 2.45) is 5.10 Å². The molecule has 1 N–H and O–H groups in total. The smallest absolute Gasteiger partial charge is 0.203 e. The van der Waals surface area contributed by atoms with E-state index >= 15 is 0 Å². The third-order valence-electron chi connectivity index (χ3n) is 2.53. The lowest BCUT2D eigenvalue weighted by atomic mass is 10.2. The number of halogens is 1. The zero-order valence-corrected chi connectivity index (χ0v) is 15.0. The summed E-state index contributed by atoms with van der Waals surface area (Å²) in [5.41, 5.74) is 4.83. The number of hydrazone groups is 1. The van der Waals surface area contributed by atoms with Gasteiger partial charge in [0.15, 0.2) is 11.5 Å². The van der Waals surface area contributed by atoms with E-state index in [0.29, 0.717) is 6.61 Å². The Balaban J connectivity index is 2.15. The minimum atomic E-state index is 0.587. The summed E-state index contributed by atoms with van der Waals surface area (Å²) >= 11 is 3.74. The maximum atomic E-state index is 5.60. The van der Waals surface area contributed by atoms with Crippen LogP contribution in [0.4, 0.5) is 5.13 Å². The van der Waals surface area contributed by atoms with E-state index in [1.54, 1.807) is 13.3 Å². The lowest BCUT2D eigenvalue weighted by Crippen LogP contribution is -1.99. The van der Waals surface area contributed by atoms with Gasteiger partial charge < -0.3 is 9.47 Å². The predicted molar refractivity (Wildman–Crippen MR) is 94.9 cm³/mol. The van der Waals surface area contributed by atoms with Crippen molar-refractivity contribution in [2.75, 3.05) is 19.1 Å². The molecule has 0 saturated heterocycles. The molecule has 7 heteroatoms. The predicted octanol–water partition coefficient (Wildman–Crippen LogP) is 3.91. The minimum absolute atomic E-state index is 0.587. The van der Waals surface area contributed by atoms with Crippen LogP contribution in [0.15, 0.2) is 22.6 Å². The van der Waals surface area contributed by atoms with Gasteiger partial charge >= 0.3 is 0 Å². The molecule has 112 valence electrons. The van der Waals surface area contributed by atoms with Crippen LogP contribution >= 0.6 is 33.9 Å². The standard InChI is InChI=1S/C14H16IN3O2S/c1-4-20-12-6-10(5-11(15)13(12)19-3)7-16-18-14-17-9(2)8-21-14/h5-8H,4H2,1-3H3,(H,17,18). The zero-order chi connectivity index (χ0) is 15.2. The van der Waals surface area contributed by atoms with Gasteiger partial charge in [0, 0.05) is 5.38 Å². The molecule has 0 bridgehead atoms. The van der Waals surface area contributed by atoms with Crippen LogP contribution in [0.25, 0.3) is 0 Å². The SMILES string of the molecule is CCOc1cc(C=NNc2nc(C)cs2)cc(I)c1OC. The first-order valence-electron chi connectivity index (χ1n) is 6.35. The summed E-state index contributed by atoms with van der Waals surface area (Å²) < 4.78 is 11.9. The fourth-order valence-corrected chi connectivity index (χ4v) is 3.17. The van der Waals surface area contributed by atoms with E-state index in [4.69, 9.17) is 9.47 Å². The van der Waals surface area contributed by atoms with Crippen molar-refractivity contribution < 1.29 is 9.47 Å². The van der Waals surface area contributed by atoms with E-state index < -0.39 is 0 Å². The third kappa shape index (κ3) is 4.31. The van der Waals surface area contributed by atoms with Crippen LogP contribution in [0.1, 0.15) is 18.2 Å². The van der Waals surface area contributed by atoms with Gasteiger partial charge in [-0.1, -0.05) is 0 Å². The fourth-order valence-electron chi connectivity index (χ4n) is 1.69. The molecule has 1 aromatic heterocycles. The number of thiazole rings is 1. The van der Waals surface area contributed by atoms with Gasteiger partial charge in [0.1, 0.15) is 0 Å². The fraction of sp³-hybridized carbons (Fsp3) is 0.286. The molecule has 0 amide bonds. The maximum Gasteiger partial charge on any atom is 0.203 e. The van der Waals surface area contributed by atoms with E-state index in [-0.39, 0.29) is 0 Å². The van der Waals surface area contributed by atoms with Gasteiger partial charge in [-0.3, -0.25) is 5.43 Å². The van der Waals surface area contributed by atoms with Crippen molar-refractivity contribution in [1.29, 1.82) is 0 Å².